The van der Waals surface area contributed by atoms with Crippen molar-refractivity contribution < 1.29 is 0 Å². The van der Waals surface area contributed by atoms with Crippen molar-refractivity contribution in [3.8, 4) is 0 Å². The molecule has 0 atom stereocenters. The normalized spacial score (nSPS) is 13.1. The maximum Gasteiger partial charge on any atom is -0.0172 e. The number of allylic oxidation sites excluding steroid dienone is 7. The Kier molecular flexibility index (Phi) is 5.50. The number of rotatable bonds is 3. The van der Waals surface area contributed by atoms with Crippen LogP contribution in [0.5, 0.6) is 0 Å². The average Bonchev–Trinajstić information content (AvgIpc) is 2.09. The van der Waals surface area contributed by atoms with Gasteiger partial charge in [0.05, 0.1) is 0 Å². The molecular weight excluding hydrogens is 192 g/mol. The molecule has 0 heterocycles. The van der Waals surface area contributed by atoms with E-state index in [0.29, 0.717) is 0 Å². The first-order valence-corrected chi connectivity index (χ1v) is 5.84. The van der Waals surface area contributed by atoms with Gasteiger partial charge in [-0.05, 0) is 38.7 Å². The van der Waals surface area contributed by atoms with Gasteiger partial charge in [0, 0.05) is 0 Å². The maximum absolute atomic E-state index is 3.88. The molecule has 0 radical (unpaired) electrons. The third kappa shape index (κ3) is 5.75. The first kappa shape index (κ1) is 15.0. The lowest BCUT2D eigenvalue weighted by molar-refractivity contribution is 0.504. The highest BCUT2D eigenvalue weighted by Gasteiger charge is 2.12. The van der Waals surface area contributed by atoms with Gasteiger partial charge in [-0.25, -0.2) is 0 Å². The van der Waals surface area contributed by atoms with Crippen molar-refractivity contribution in [2.75, 3.05) is 0 Å². The summed E-state index contributed by atoms with van der Waals surface area (Å²) in [5.41, 5.74) is 5.34. The van der Waals surface area contributed by atoms with Gasteiger partial charge < -0.3 is 0 Å². The second kappa shape index (κ2) is 5.89. The van der Waals surface area contributed by atoms with E-state index in [0.717, 1.165) is 5.57 Å². The van der Waals surface area contributed by atoms with E-state index in [2.05, 4.69) is 66.3 Å². The van der Waals surface area contributed by atoms with Gasteiger partial charge in [-0.2, -0.15) is 0 Å². The molecule has 0 saturated carbocycles. The summed E-state index contributed by atoms with van der Waals surface area (Å²) in [4.78, 5) is 0. The van der Waals surface area contributed by atoms with Crippen LogP contribution in [0, 0.1) is 5.41 Å². The first-order chi connectivity index (χ1) is 7.14. The van der Waals surface area contributed by atoms with Gasteiger partial charge in [-0.3, -0.25) is 0 Å². The van der Waals surface area contributed by atoms with Crippen LogP contribution >= 0.6 is 0 Å². The summed E-state index contributed by atoms with van der Waals surface area (Å²) < 4.78 is 0. The minimum atomic E-state index is 0.234. The fraction of sp³-hybridized carbons (Fsp3) is 0.500. The van der Waals surface area contributed by atoms with Crippen LogP contribution in [-0.2, 0) is 0 Å². The van der Waals surface area contributed by atoms with Crippen molar-refractivity contribution in [2.45, 2.75) is 48.5 Å². The Morgan fingerprint density at radius 3 is 1.75 bits per heavy atom. The van der Waals surface area contributed by atoms with E-state index in [-0.39, 0.29) is 5.41 Å². The summed E-state index contributed by atoms with van der Waals surface area (Å²) >= 11 is 0. The third-order valence-corrected chi connectivity index (χ3v) is 2.68. The Bertz CT molecular complexity index is 337. The Labute approximate surface area is 101 Å². The summed E-state index contributed by atoms with van der Waals surface area (Å²) in [5, 5.41) is 0. The zero-order valence-electron chi connectivity index (χ0n) is 11.9. The Balaban J connectivity index is 5.16. The summed E-state index contributed by atoms with van der Waals surface area (Å²) in [5.74, 6) is 0. The van der Waals surface area contributed by atoms with Crippen LogP contribution in [0.2, 0.25) is 0 Å². The van der Waals surface area contributed by atoms with E-state index in [1.54, 1.807) is 0 Å². The quantitative estimate of drug-likeness (QED) is 0.553. The van der Waals surface area contributed by atoms with Gasteiger partial charge in [0.25, 0.3) is 0 Å². The van der Waals surface area contributed by atoms with Crippen LogP contribution < -0.4 is 0 Å². The molecular formula is C16H26. The minimum Gasteiger partial charge on any atom is -0.0961 e. The van der Waals surface area contributed by atoms with E-state index >= 15 is 0 Å². The van der Waals surface area contributed by atoms with Crippen molar-refractivity contribution >= 4 is 0 Å². The van der Waals surface area contributed by atoms with Crippen molar-refractivity contribution in [3.63, 3.8) is 0 Å². The van der Waals surface area contributed by atoms with Crippen molar-refractivity contribution in [2.24, 2.45) is 5.41 Å². The van der Waals surface area contributed by atoms with Gasteiger partial charge in [0.1, 0.15) is 0 Å². The molecule has 16 heavy (non-hydrogen) atoms. The lowest BCUT2D eigenvalue weighted by Crippen LogP contribution is -2.06. The van der Waals surface area contributed by atoms with Crippen molar-refractivity contribution in [1.29, 1.82) is 0 Å². The van der Waals surface area contributed by atoms with E-state index < -0.39 is 0 Å². The zero-order chi connectivity index (χ0) is 12.9. The lowest BCUT2D eigenvalue weighted by Gasteiger charge is -2.20. The summed E-state index contributed by atoms with van der Waals surface area (Å²) in [6.45, 7) is 19.1. The van der Waals surface area contributed by atoms with E-state index in [1.165, 1.54) is 16.7 Å². The molecule has 0 aliphatic rings. The lowest BCUT2D eigenvalue weighted by atomic mass is 9.86. The predicted molar refractivity (Wildman–Crippen MR) is 75.5 cm³/mol. The maximum atomic E-state index is 3.88. The Hall–Kier alpha value is -1.04. The topological polar surface area (TPSA) is 0 Å². The van der Waals surface area contributed by atoms with Crippen LogP contribution in [0.1, 0.15) is 48.5 Å². The standard InChI is InChI=1S/C16H26/c1-12(2)9-10-15(13(3)4)11-14(5)16(6,7)8/h9-11H,1H2,2-8H3/b10-9-,14-11+. The van der Waals surface area contributed by atoms with E-state index in [4.69, 9.17) is 0 Å². The second-order valence-electron chi connectivity index (χ2n) is 5.71. The summed E-state index contributed by atoms with van der Waals surface area (Å²) in [7, 11) is 0. The molecule has 0 aromatic carbocycles. The second-order valence-corrected chi connectivity index (χ2v) is 5.71. The Morgan fingerprint density at radius 1 is 0.938 bits per heavy atom. The van der Waals surface area contributed by atoms with Crippen LogP contribution in [-0.4, -0.2) is 0 Å². The molecule has 0 N–H and O–H groups in total. The minimum absolute atomic E-state index is 0.234. The number of hydrogen-bond donors (Lipinski definition) is 0. The highest BCUT2D eigenvalue weighted by atomic mass is 14.2. The first-order valence-electron chi connectivity index (χ1n) is 5.84. The largest absolute Gasteiger partial charge is 0.0961 e. The molecule has 0 aromatic rings. The molecule has 0 spiro atoms. The van der Waals surface area contributed by atoms with Crippen molar-refractivity contribution in [1.82, 2.24) is 0 Å². The molecule has 0 fully saturated rings. The smallest absolute Gasteiger partial charge is 0.0172 e. The van der Waals surface area contributed by atoms with Crippen LogP contribution in [0.4, 0.5) is 0 Å². The molecule has 90 valence electrons. The monoisotopic (exact) mass is 218 g/mol. The van der Waals surface area contributed by atoms with Gasteiger partial charge in [0.2, 0.25) is 0 Å². The van der Waals surface area contributed by atoms with Crippen molar-refractivity contribution in [3.05, 3.63) is 47.1 Å². The van der Waals surface area contributed by atoms with Gasteiger partial charge in [-0.1, -0.05) is 62.3 Å². The SMILES string of the molecule is C=C(C)/C=C\C(/C=C(\C)C(C)(C)C)=C(C)C. The zero-order valence-corrected chi connectivity index (χ0v) is 11.9. The molecule has 0 unspecified atom stereocenters. The third-order valence-electron chi connectivity index (χ3n) is 2.68. The number of hydrogen-bond acceptors (Lipinski definition) is 0. The molecule has 0 aliphatic heterocycles. The highest BCUT2D eigenvalue weighted by molar-refractivity contribution is 5.39. The molecule has 0 saturated heterocycles. The van der Waals surface area contributed by atoms with Crippen LogP contribution in [0.15, 0.2) is 47.1 Å². The molecule has 0 aromatic heterocycles. The van der Waals surface area contributed by atoms with E-state index in [1.807, 2.05) is 6.92 Å². The molecule has 0 heteroatoms. The van der Waals surface area contributed by atoms with Gasteiger partial charge >= 0.3 is 0 Å². The fourth-order valence-electron chi connectivity index (χ4n) is 1.04. The molecule has 0 aliphatic carbocycles. The van der Waals surface area contributed by atoms with Gasteiger partial charge in [-0.15, -0.1) is 0 Å². The average molecular weight is 218 g/mol. The molecule has 0 amide bonds. The predicted octanol–water partition coefficient (Wildman–Crippen LogP) is 5.45. The Morgan fingerprint density at radius 2 is 1.44 bits per heavy atom. The molecule has 0 nitrogen and oxygen atoms in total. The molecule has 0 bridgehead atoms. The van der Waals surface area contributed by atoms with Gasteiger partial charge in [0.15, 0.2) is 0 Å². The highest BCUT2D eigenvalue weighted by Crippen LogP contribution is 2.26. The summed E-state index contributed by atoms with van der Waals surface area (Å²) in [6.07, 6.45) is 6.48. The van der Waals surface area contributed by atoms with E-state index in [9.17, 15) is 0 Å². The van der Waals surface area contributed by atoms with Crippen LogP contribution in [0.25, 0.3) is 0 Å². The summed E-state index contributed by atoms with van der Waals surface area (Å²) in [6, 6.07) is 0. The molecule has 0 rings (SSSR count). The van der Waals surface area contributed by atoms with Crippen LogP contribution in [0.3, 0.4) is 0 Å². The fourth-order valence-corrected chi connectivity index (χ4v) is 1.04.